The number of benzene rings is 1. The molecule has 18 heavy (non-hydrogen) atoms. The lowest BCUT2D eigenvalue weighted by molar-refractivity contribution is -0.114. The van der Waals surface area contributed by atoms with Gasteiger partial charge in [-0.1, -0.05) is 11.6 Å². The predicted octanol–water partition coefficient (Wildman–Crippen LogP) is 3.49. The zero-order valence-electron chi connectivity index (χ0n) is 9.68. The fourth-order valence-electron chi connectivity index (χ4n) is 1.37. The second-order valence-corrected chi connectivity index (χ2v) is 4.01. The number of carbonyl (C=O) groups excluding carboxylic acids is 1. The zero-order chi connectivity index (χ0) is 13.0. The molecule has 1 aromatic carbocycles. The number of anilines is 1. The third-order valence-electron chi connectivity index (χ3n) is 2.11. The van der Waals surface area contributed by atoms with E-state index in [0.29, 0.717) is 16.7 Å². The number of amides is 1. The van der Waals surface area contributed by atoms with Gasteiger partial charge in [0.05, 0.1) is 6.20 Å². The van der Waals surface area contributed by atoms with Crippen molar-refractivity contribution in [1.29, 1.82) is 0 Å². The van der Waals surface area contributed by atoms with E-state index in [2.05, 4.69) is 10.3 Å². The maximum Gasteiger partial charge on any atom is 0.221 e. The molecule has 0 unspecified atom stereocenters. The van der Waals surface area contributed by atoms with Crippen LogP contribution in [0.5, 0.6) is 11.5 Å². The Morgan fingerprint density at radius 2 is 1.83 bits per heavy atom. The maximum absolute atomic E-state index is 10.9. The monoisotopic (exact) mass is 262 g/mol. The highest BCUT2D eigenvalue weighted by atomic mass is 35.5. The lowest BCUT2D eigenvalue weighted by Crippen LogP contribution is -2.05. The number of nitrogens with zero attached hydrogens (tertiary/aromatic N) is 1. The van der Waals surface area contributed by atoms with E-state index in [1.165, 1.54) is 6.92 Å². The molecular formula is C13H11ClN2O2. The van der Waals surface area contributed by atoms with Crippen molar-refractivity contribution in [2.45, 2.75) is 6.92 Å². The minimum absolute atomic E-state index is 0.106. The van der Waals surface area contributed by atoms with E-state index in [1.807, 2.05) is 0 Å². The quantitative estimate of drug-likeness (QED) is 0.862. The van der Waals surface area contributed by atoms with Crippen molar-refractivity contribution in [3.05, 3.63) is 47.7 Å². The fraction of sp³-hybridized carbons (Fsp3) is 0.0769. The van der Waals surface area contributed by atoms with Crippen molar-refractivity contribution in [2.24, 2.45) is 0 Å². The van der Waals surface area contributed by atoms with Gasteiger partial charge in [-0.25, -0.2) is 4.98 Å². The number of pyridine rings is 1. The van der Waals surface area contributed by atoms with E-state index < -0.39 is 0 Å². The largest absolute Gasteiger partial charge is 0.456 e. The van der Waals surface area contributed by atoms with Crippen LogP contribution in [0.15, 0.2) is 42.6 Å². The number of carbonyl (C=O) groups is 1. The first-order valence-electron chi connectivity index (χ1n) is 5.30. The normalized spacial score (nSPS) is 9.89. The highest BCUT2D eigenvalue weighted by Crippen LogP contribution is 2.23. The predicted molar refractivity (Wildman–Crippen MR) is 70.1 cm³/mol. The van der Waals surface area contributed by atoms with E-state index in [0.717, 1.165) is 5.69 Å². The van der Waals surface area contributed by atoms with E-state index in [1.54, 1.807) is 42.6 Å². The van der Waals surface area contributed by atoms with E-state index >= 15 is 0 Å². The van der Waals surface area contributed by atoms with Gasteiger partial charge in [-0.2, -0.15) is 0 Å². The maximum atomic E-state index is 10.9. The van der Waals surface area contributed by atoms with Gasteiger partial charge in [-0.15, -0.1) is 0 Å². The number of rotatable bonds is 3. The van der Waals surface area contributed by atoms with Crippen molar-refractivity contribution in [2.75, 3.05) is 5.32 Å². The first-order valence-corrected chi connectivity index (χ1v) is 5.68. The summed E-state index contributed by atoms with van der Waals surface area (Å²) in [6, 6.07) is 10.4. The molecule has 1 heterocycles. The summed E-state index contributed by atoms with van der Waals surface area (Å²) in [5.74, 6) is 1.16. The Labute approximate surface area is 110 Å². The summed E-state index contributed by atoms with van der Waals surface area (Å²) >= 11 is 5.68. The molecule has 0 fully saturated rings. The molecule has 1 amide bonds. The first-order chi connectivity index (χ1) is 8.63. The molecule has 0 radical (unpaired) electrons. The SMILES string of the molecule is CC(=O)Nc1ccc(Oc2ccc(Cl)nc2)cc1. The van der Waals surface area contributed by atoms with Crippen molar-refractivity contribution < 1.29 is 9.53 Å². The number of hydrogen-bond acceptors (Lipinski definition) is 3. The second kappa shape index (κ2) is 5.51. The Kier molecular flexibility index (Phi) is 3.79. The van der Waals surface area contributed by atoms with E-state index in [-0.39, 0.29) is 5.91 Å². The molecular weight excluding hydrogens is 252 g/mol. The Morgan fingerprint density at radius 3 is 2.39 bits per heavy atom. The summed E-state index contributed by atoms with van der Waals surface area (Å²) < 4.78 is 5.56. The number of nitrogens with one attached hydrogen (secondary N) is 1. The molecule has 5 heteroatoms. The van der Waals surface area contributed by atoms with Gasteiger partial charge >= 0.3 is 0 Å². The summed E-state index contributed by atoms with van der Waals surface area (Å²) in [6.45, 7) is 1.46. The average Bonchev–Trinajstić information content (AvgIpc) is 2.34. The lowest BCUT2D eigenvalue weighted by atomic mass is 10.3. The lowest BCUT2D eigenvalue weighted by Gasteiger charge is -2.06. The summed E-state index contributed by atoms with van der Waals surface area (Å²) in [5, 5.41) is 3.10. The summed E-state index contributed by atoms with van der Waals surface area (Å²) in [5.41, 5.74) is 0.726. The van der Waals surface area contributed by atoms with Gasteiger partial charge in [-0.3, -0.25) is 4.79 Å². The van der Waals surface area contributed by atoms with Gasteiger partial charge in [0.15, 0.2) is 0 Å². The molecule has 1 aromatic heterocycles. The number of aromatic nitrogens is 1. The van der Waals surface area contributed by atoms with Crippen LogP contribution in [0.25, 0.3) is 0 Å². The molecule has 0 saturated carbocycles. The highest BCUT2D eigenvalue weighted by Gasteiger charge is 1.99. The van der Waals surface area contributed by atoms with Gasteiger partial charge in [-0.05, 0) is 36.4 Å². The molecule has 2 aromatic rings. The van der Waals surface area contributed by atoms with Crippen molar-refractivity contribution >= 4 is 23.2 Å². The number of hydrogen-bond donors (Lipinski definition) is 1. The minimum Gasteiger partial charge on any atom is -0.456 e. The fourth-order valence-corrected chi connectivity index (χ4v) is 1.48. The molecule has 0 spiro atoms. The molecule has 92 valence electrons. The molecule has 0 atom stereocenters. The summed E-state index contributed by atoms with van der Waals surface area (Å²) in [7, 11) is 0. The van der Waals surface area contributed by atoms with Crippen LogP contribution in [0.2, 0.25) is 5.15 Å². The zero-order valence-corrected chi connectivity index (χ0v) is 10.4. The van der Waals surface area contributed by atoms with Crippen molar-refractivity contribution in [3.63, 3.8) is 0 Å². The molecule has 0 aliphatic heterocycles. The molecule has 0 saturated heterocycles. The van der Waals surface area contributed by atoms with Crippen molar-refractivity contribution in [1.82, 2.24) is 4.98 Å². The highest BCUT2D eigenvalue weighted by molar-refractivity contribution is 6.29. The minimum atomic E-state index is -0.106. The molecule has 1 N–H and O–H groups in total. The van der Waals surface area contributed by atoms with Crippen LogP contribution in [0, 0.1) is 0 Å². The molecule has 0 aliphatic carbocycles. The van der Waals surface area contributed by atoms with Crippen LogP contribution in [-0.4, -0.2) is 10.9 Å². The van der Waals surface area contributed by atoms with Gasteiger partial charge in [0.1, 0.15) is 16.7 Å². The topological polar surface area (TPSA) is 51.2 Å². The second-order valence-electron chi connectivity index (χ2n) is 3.62. The van der Waals surface area contributed by atoms with E-state index in [4.69, 9.17) is 16.3 Å². The Morgan fingerprint density at radius 1 is 1.17 bits per heavy atom. The Bertz CT molecular complexity index is 538. The van der Waals surface area contributed by atoms with Crippen LogP contribution >= 0.6 is 11.6 Å². The van der Waals surface area contributed by atoms with Gasteiger partial charge < -0.3 is 10.1 Å². The Balaban J connectivity index is 2.06. The molecule has 0 aliphatic rings. The van der Waals surface area contributed by atoms with Gasteiger partial charge in [0, 0.05) is 12.6 Å². The Hall–Kier alpha value is -2.07. The van der Waals surface area contributed by atoms with Gasteiger partial charge in [0.25, 0.3) is 0 Å². The number of halogens is 1. The average molecular weight is 263 g/mol. The third kappa shape index (κ3) is 3.46. The molecule has 2 rings (SSSR count). The smallest absolute Gasteiger partial charge is 0.221 e. The summed E-state index contributed by atoms with van der Waals surface area (Å²) in [6.07, 6.45) is 1.55. The van der Waals surface area contributed by atoms with Crippen LogP contribution < -0.4 is 10.1 Å². The standard InChI is InChI=1S/C13H11ClN2O2/c1-9(17)16-10-2-4-11(5-3-10)18-12-6-7-13(14)15-8-12/h2-8H,1H3,(H,16,17). The van der Waals surface area contributed by atoms with Crippen molar-refractivity contribution in [3.8, 4) is 11.5 Å². The molecule has 0 bridgehead atoms. The summed E-state index contributed by atoms with van der Waals surface area (Å²) in [4.78, 5) is 14.8. The number of ether oxygens (including phenoxy) is 1. The van der Waals surface area contributed by atoms with Crippen LogP contribution in [0.4, 0.5) is 5.69 Å². The van der Waals surface area contributed by atoms with Crippen LogP contribution in [0.3, 0.4) is 0 Å². The van der Waals surface area contributed by atoms with Crippen LogP contribution in [0.1, 0.15) is 6.92 Å². The third-order valence-corrected chi connectivity index (χ3v) is 2.33. The first kappa shape index (κ1) is 12.4. The van der Waals surface area contributed by atoms with E-state index in [9.17, 15) is 4.79 Å². The molecule has 4 nitrogen and oxygen atoms in total. The van der Waals surface area contributed by atoms with Gasteiger partial charge in [0.2, 0.25) is 5.91 Å². The van der Waals surface area contributed by atoms with Crippen LogP contribution in [-0.2, 0) is 4.79 Å².